The van der Waals surface area contributed by atoms with Gasteiger partial charge in [0.25, 0.3) is 0 Å². The molecule has 0 atom stereocenters. The average Bonchev–Trinajstić information content (AvgIpc) is 1.48. The first kappa shape index (κ1) is 82.7. The Hall–Kier alpha value is -20.2. The number of furan rings is 3. The van der Waals surface area contributed by atoms with Crippen molar-refractivity contribution in [3.8, 4) is 90.9 Å². The fraction of sp³-hybridized carbons (Fsp3) is 0. The molecule has 0 radical (unpaired) electrons. The highest BCUT2D eigenvalue weighted by atomic mass is 16.3. The Morgan fingerprint density at radius 3 is 0.816 bits per heavy atom. The molecule has 15 heteroatoms. The van der Waals surface area contributed by atoms with Crippen molar-refractivity contribution in [2.75, 3.05) is 0 Å². The maximum Gasteiger partial charge on any atom is 0.236 e. The van der Waals surface area contributed by atoms with Gasteiger partial charge in [0.05, 0.1) is 66.2 Å². The summed E-state index contributed by atoms with van der Waals surface area (Å²) in [4.78, 5) is 31.7. The molecule has 0 amide bonds. The van der Waals surface area contributed by atoms with Crippen LogP contribution in [0.1, 0.15) is 0 Å². The highest BCUT2D eigenvalue weighted by Gasteiger charge is 2.29. The Morgan fingerprint density at radius 1 is 0.150 bits per heavy atom. The molecule has 0 unspecified atom stereocenters. The third kappa shape index (κ3) is 13.2. The number of hydrogen-bond donors (Lipinski definition) is 0. The third-order valence-electron chi connectivity index (χ3n) is 29.3. The van der Waals surface area contributed by atoms with Crippen LogP contribution in [0, 0.1) is 0 Å². The maximum absolute atomic E-state index is 6.58. The van der Waals surface area contributed by atoms with E-state index in [2.05, 4.69) is 458 Å². The van der Waals surface area contributed by atoms with Gasteiger partial charge in [-0.25, -0.2) is 29.9 Å². The maximum atomic E-state index is 6.58. The van der Waals surface area contributed by atoms with E-state index in [1.54, 1.807) is 0 Å². The van der Waals surface area contributed by atoms with E-state index in [9.17, 15) is 0 Å². The van der Waals surface area contributed by atoms with Gasteiger partial charge in [0.15, 0.2) is 28.4 Å². The second kappa shape index (κ2) is 33.3. The quantitative estimate of drug-likeness (QED) is 0.123. The lowest BCUT2D eigenvalue weighted by molar-refractivity contribution is 0.662. The Bertz CT molecular complexity index is 10800. The van der Waals surface area contributed by atoms with Gasteiger partial charge in [0, 0.05) is 115 Å². The number of para-hydroxylation sites is 13. The monoisotopic (exact) mass is 1880 g/mol. The molecule has 0 bridgehead atoms. The molecule has 0 saturated carbocycles. The standard InChI is InChI=1S/2C46H28N4O.C40H24N4O/c1-2-13-29(14-3-1)30-15-12-16-32(27-30)49-38-21-8-6-19-35(38)37-28-31(25-26-41(37)49)43-45-44(36-20-7-11-24-42(36)51-45)48-46(47-43)50-39-22-9-4-17-33(39)34-18-5-10-23-40(34)50;1-2-12-29(13-3-1)30-22-25-32(26-23-30)49-38-18-8-6-16-35(38)37-28-31(24-27-41(37)49)43-45-44(36-17-7-11-21-42(36)51-45)48-46(47-43)50-39-19-9-4-14-33(39)34-15-5-10-20-40(34)50;1-2-12-26(13-3-1)43-32-18-8-6-16-29(32)31-24-25(22-23-35(31)43)39-41-37-30-17-7-11-21-36(30)45-38(37)40(42-39)44-33-19-9-4-14-27(33)28-15-5-10-20-34(28)44/h2*1-28H;1-24H. The molecule has 20 aromatic carbocycles. The number of hydrogen-bond acceptors (Lipinski definition) is 9. The SMILES string of the molecule is c1ccc(-c2ccc(-n3c4ccccc4c4cc(-c5nc(-n6c7ccccc7c7ccccc76)nc6c5oc5ccccc56)ccc43)cc2)cc1.c1ccc(-c2cccc(-n3c4ccccc4c4cc(-c5nc(-n6c7ccccc7c7ccccc76)nc6c5oc5ccccc56)ccc43)c2)cc1.c1ccc(-n2c3ccccc3c3cc(-c4nc(-n5c6ccccc6c6ccccc65)c5oc6ccccc6c5n4)ccc32)cc1. The summed E-state index contributed by atoms with van der Waals surface area (Å²) >= 11 is 0. The van der Waals surface area contributed by atoms with Crippen LogP contribution < -0.4 is 0 Å². The number of fused-ring (bicyclic) bond motifs is 27. The second-order valence-electron chi connectivity index (χ2n) is 37.5. The minimum absolute atomic E-state index is 0.613. The smallest absolute Gasteiger partial charge is 0.236 e. The lowest BCUT2D eigenvalue weighted by Gasteiger charge is -2.11. The molecule has 0 N–H and O–H groups in total. The van der Waals surface area contributed by atoms with Crippen molar-refractivity contribution < 1.29 is 13.3 Å². The summed E-state index contributed by atoms with van der Waals surface area (Å²) in [6.07, 6.45) is 0. The van der Waals surface area contributed by atoms with Crippen LogP contribution in [0.25, 0.3) is 288 Å². The zero-order valence-electron chi connectivity index (χ0n) is 78.8. The summed E-state index contributed by atoms with van der Waals surface area (Å²) in [6.45, 7) is 0. The lowest BCUT2D eigenvalue weighted by Crippen LogP contribution is -2.02. The van der Waals surface area contributed by atoms with Crippen LogP contribution in [0.2, 0.25) is 0 Å². The van der Waals surface area contributed by atoms with E-state index in [4.69, 9.17) is 43.2 Å². The molecule has 686 valence electrons. The lowest BCUT2D eigenvalue weighted by atomic mass is 10.0. The fourth-order valence-electron chi connectivity index (χ4n) is 22.7. The van der Waals surface area contributed by atoms with E-state index in [-0.39, 0.29) is 0 Å². The van der Waals surface area contributed by atoms with Crippen LogP contribution >= 0.6 is 0 Å². The summed E-state index contributed by atoms with van der Waals surface area (Å²) in [6, 6.07) is 170. The van der Waals surface area contributed by atoms with Gasteiger partial charge in [0.1, 0.15) is 44.7 Å². The van der Waals surface area contributed by atoms with E-state index in [0.717, 1.165) is 177 Å². The summed E-state index contributed by atoms with van der Waals surface area (Å²) < 4.78 is 33.3. The van der Waals surface area contributed by atoms with Crippen LogP contribution in [-0.2, 0) is 0 Å². The number of benzene rings is 20. The molecule has 0 fully saturated rings. The van der Waals surface area contributed by atoms with Crippen molar-refractivity contribution in [2.45, 2.75) is 0 Å². The highest BCUT2D eigenvalue weighted by molar-refractivity contribution is 6.19. The van der Waals surface area contributed by atoms with Gasteiger partial charge in [-0.05, 0) is 192 Å². The van der Waals surface area contributed by atoms with E-state index in [1.807, 2.05) is 54.6 Å². The molecular weight excluding hydrogens is 1800 g/mol. The van der Waals surface area contributed by atoms with Crippen molar-refractivity contribution in [1.82, 2.24) is 57.3 Å². The van der Waals surface area contributed by atoms with E-state index >= 15 is 0 Å². The Balaban J connectivity index is 0.000000102. The van der Waals surface area contributed by atoms with E-state index in [0.29, 0.717) is 34.5 Å². The van der Waals surface area contributed by atoms with Crippen molar-refractivity contribution >= 4 is 197 Å². The fourth-order valence-corrected chi connectivity index (χ4v) is 22.7. The first-order valence-corrected chi connectivity index (χ1v) is 49.5. The summed E-state index contributed by atoms with van der Waals surface area (Å²) in [5.41, 5.74) is 32.6. The van der Waals surface area contributed by atoms with Crippen LogP contribution in [0.4, 0.5) is 0 Å². The number of aromatic nitrogens is 12. The Morgan fingerprint density at radius 2 is 0.415 bits per heavy atom. The normalized spacial score (nSPS) is 11.9. The Labute approximate surface area is 838 Å². The molecule has 0 aliphatic heterocycles. The van der Waals surface area contributed by atoms with E-state index in [1.165, 1.54) is 76.2 Å². The molecule has 32 rings (SSSR count). The first-order valence-electron chi connectivity index (χ1n) is 49.5. The van der Waals surface area contributed by atoms with Crippen molar-refractivity contribution in [3.05, 3.63) is 485 Å². The van der Waals surface area contributed by atoms with Gasteiger partial charge in [-0.2, -0.15) is 0 Å². The van der Waals surface area contributed by atoms with Gasteiger partial charge in [0.2, 0.25) is 11.9 Å². The molecule has 15 nitrogen and oxygen atoms in total. The minimum Gasteiger partial charge on any atom is -0.452 e. The molecule has 32 aromatic rings. The zero-order chi connectivity index (χ0) is 96.4. The number of rotatable bonds is 11. The van der Waals surface area contributed by atoms with Gasteiger partial charge in [-0.1, -0.05) is 315 Å². The Kier molecular flexibility index (Phi) is 18.7. The van der Waals surface area contributed by atoms with Crippen LogP contribution in [0.15, 0.2) is 499 Å². The van der Waals surface area contributed by atoms with Gasteiger partial charge >= 0.3 is 0 Å². The highest BCUT2D eigenvalue weighted by Crippen LogP contribution is 2.47. The molecular formula is C132H80N12O3. The van der Waals surface area contributed by atoms with E-state index < -0.39 is 0 Å². The molecule has 12 heterocycles. The molecule has 147 heavy (non-hydrogen) atoms. The summed E-state index contributed by atoms with van der Waals surface area (Å²) in [5.74, 6) is 2.61. The molecule has 0 spiro atoms. The van der Waals surface area contributed by atoms with Crippen LogP contribution in [0.3, 0.4) is 0 Å². The zero-order valence-corrected chi connectivity index (χ0v) is 78.8. The first-order chi connectivity index (χ1) is 72.9. The largest absolute Gasteiger partial charge is 0.452 e. The van der Waals surface area contributed by atoms with Crippen molar-refractivity contribution in [3.63, 3.8) is 0 Å². The predicted octanol–water partition coefficient (Wildman–Crippen LogP) is 34.0. The van der Waals surface area contributed by atoms with Crippen LogP contribution in [-0.4, -0.2) is 57.3 Å². The summed E-state index contributed by atoms with van der Waals surface area (Å²) in [5, 5.41) is 16.9. The topological polar surface area (TPSA) is 146 Å². The minimum atomic E-state index is 0.613. The molecule has 0 aliphatic rings. The van der Waals surface area contributed by atoms with Gasteiger partial charge in [-0.3, -0.25) is 13.7 Å². The van der Waals surface area contributed by atoms with Crippen LogP contribution in [0.5, 0.6) is 0 Å². The second-order valence-corrected chi connectivity index (χ2v) is 37.5. The van der Waals surface area contributed by atoms with Gasteiger partial charge in [-0.15, -0.1) is 0 Å². The van der Waals surface area contributed by atoms with Gasteiger partial charge < -0.3 is 27.0 Å². The van der Waals surface area contributed by atoms with Crippen molar-refractivity contribution in [1.29, 1.82) is 0 Å². The molecule has 12 aromatic heterocycles. The average molecular weight is 1880 g/mol. The number of nitrogens with zero attached hydrogens (tertiary/aromatic N) is 12. The summed E-state index contributed by atoms with van der Waals surface area (Å²) in [7, 11) is 0. The van der Waals surface area contributed by atoms with Crippen molar-refractivity contribution in [2.24, 2.45) is 0 Å². The molecule has 0 aliphatic carbocycles. The molecule has 0 saturated heterocycles. The third-order valence-corrected chi connectivity index (χ3v) is 29.3. The predicted molar refractivity (Wildman–Crippen MR) is 601 cm³/mol.